The zero-order valence-electron chi connectivity index (χ0n) is 11.9. The maximum absolute atomic E-state index is 7.56. The van der Waals surface area contributed by atoms with Crippen molar-refractivity contribution in [2.24, 2.45) is 11.5 Å². The second-order valence-electron chi connectivity index (χ2n) is 4.01. The van der Waals surface area contributed by atoms with E-state index >= 15 is 0 Å². The molecule has 5 nitrogen and oxygen atoms in total. The highest BCUT2D eigenvalue weighted by Gasteiger charge is 2.00. The van der Waals surface area contributed by atoms with E-state index in [-0.39, 0.29) is 5.17 Å². The molecule has 0 saturated heterocycles. The number of hydrogen-bond acceptors (Lipinski definition) is 4. The summed E-state index contributed by atoms with van der Waals surface area (Å²) >= 11 is 14.2. The molecule has 0 aromatic heterocycles. The average Bonchev–Trinajstić information content (AvgIpc) is 2.20. The lowest BCUT2D eigenvalue weighted by molar-refractivity contribution is 0.505. The maximum Gasteiger partial charge on any atom is 0.259 e. The number of aliphatic hydroxyl groups is 1. The number of nitrogens with two attached hydrogens (primary N) is 2. The van der Waals surface area contributed by atoms with E-state index in [0.717, 1.165) is 5.56 Å². The van der Waals surface area contributed by atoms with Crippen LogP contribution < -0.4 is 16.2 Å². The fourth-order valence-electron chi connectivity index (χ4n) is 0.836. The van der Waals surface area contributed by atoms with Gasteiger partial charge in [0.05, 0.1) is 0 Å². The molecule has 0 atom stereocenters. The van der Waals surface area contributed by atoms with Crippen LogP contribution in [0.15, 0.2) is 18.2 Å². The van der Waals surface area contributed by atoms with Crippen LogP contribution in [0, 0.1) is 6.92 Å². The summed E-state index contributed by atoms with van der Waals surface area (Å²) < 4.78 is 5.05. The van der Waals surface area contributed by atoms with Gasteiger partial charge in [0.2, 0.25) is 0 Å². The van der Waals surface area contributed by atoms with Crippen LogP contribution in [0.3, 0.4) is 0 Å². The molecule has 0 radical (unpaired) electrons. The summed E-state index contributed by atoms with van der Waals surface area (Å²) in [6, 6.07) is 5.24. The first-order valence-electron chi connectivity index (χ1n) is 5.39. The number of thiocarbonyl (C=S) groups is 2. The van der Waals surface area contributed by atoms with Gasteiger partial charge < -0.3 is 26.2 Å². The number of aliphatic hydroxyl groups excluding tert-OH is 1. The van der Waals surface area contributed by atoms with Gasteiger partial charge in [-0.25, -0.2) is 0 Å². The lowest BCUT2D eigenvalue weighted by atomic mass is 10.2. The SMILES string of the molecule is CN(C)C.Cc1cc(Cl)ccc1OC(N)=S.NC(O)=S. The number of nitrogens with zero attached hydrogens (tertiary/aromatic N) is 1. The molecule has 0 aliphatic heterocycles. The fraction of sp³-hybridized carbons (Fsp3) is 0.333. The fourth-order valence-corrected chi connectivity index (χ4v) is 1.15. The van der Waals surface area contributed by atoms with Crippen molar-refractivity contribution in [1.82, 2.24) is 4.90 Å². The molecule has 0 amide bonds. The first kappa shape index (κ1) is 21.2. The van der Waals surface area contributed by atoms with Crippen LogP contribution in [0.4, 0.5) is 0 Å². The van der Waals surface area contributed by atoms with Gasteiger partial charge in [-0.05, 0) is 76.3 Å². The summed E-state index contributed by atoms with van der Waals surface area (Å²) in [7, 11) is 6.00. The van der Waals surface area contributed by atoms with E-state index in [2.05, 4.69) is 30.2 Å². The van der Waals surface area contributed by atoms with Crippen LogP contribution in [0.5, 0.6) is 5.75 Å². The van der Waals surface area contributed by atoms with Crippen molar-refractivity contribution in [3.05, 3.63) is 28.8 Å². The van der Waals surface area contributed by atoms with Crippen molar-refractivity contribution in [1.29, 1.82) is 0 Å². The summed E-state index contributed by atoms with van der Waals surface area (Å²) in [4.78, 5) is 2.00. The quantitative estimate of drug-likeness (QED) is 0.677. The van der Waals surface area contributed by atoms with E-state index in [1.165, 1.54) is 0 Å². The predicted molar refractivity (Wildman–Crippen MR) is 92.6 cm³/mol. The highest BCUT2D eigenvalue weighted by atomic mass is 35.5. The Morgan fingerprint density at radius 2 is 1.65 bits per heavy atom. The molecule has 0 heterocycles. The van der Waals surface area contributed by atoms with Gasteiger partial charge in [0.1, 0.15) is 5.75 Å². The van der Waals surface area contributed by atoms with Crippen LogP contribution in [0.2, 0.25) is 5.02 Å². The molecular formula is C12H20ClN3O2S2. The average molecular weight is 338 g/mol. The van der Waals surface area contributed by atoms with Gasteiger partial charge in [-0.3, -0.25) is 0 Å². The third kappa shape index (κ3) is 16.9. The molecule has 1 rings (SSSR count). The lowest BCUT2D eigenvalue weighted by Crippen LogP contribution is -2.16. The number of benzene rings is 1. The Bertz CT molecular complexity index is 436. The monoisotopic (exact) mass is 337 g/mol. The zero-order valence-corrected chi connectivity index (χ0v) is 14.3. The minimum Gasteiger partial charge on any atom is -0.487 e. The van der Waals surface area contributed by atoms with Crippen LogP contribution in [0.25, 0.3) is 0 Å². The predicted octanol–water partition coefficient (Wildman–Crippen LogP) is 2.24. The van der Waals surface area contributed by atoms with Gasteiger partial charge >= 0.3 is 0 Å². The molecule has 1 aromatic rings. The molecule has 0 spiro atoms. The zero-order chi connectivity index (χ0) is 16.3. The van der Waals surface area contributed by atoms with Crippen LogP contribution >= 0.6 is 36.0 Å². The molecular weight excluding hydrogens is 318 g/mol. The number of rotatable bonds is 1. The van der Waals surface area contributed by atoms with Gasteiger partial charge in [0, 0.05) is 5.02 Å². The number of aryl methyl sites for hydroxylation is 1. The minimum atomic E-state index is -0.500. The molecule has 1 aromatic carbocycles. The molecule has 0 saturated carbocycles. The molecule has 0 fully saturated rings. The highest BCUT2D eigenvalue weighted by molar-refractivity contribution is 7.80. The first-order chi connectivity index (χ1) is 9.06. The van der Waals surface area contributed by atoms with E-state index < -0.39 is 5.17 Å². The lowest BCUT2D eigenvalue weighted by Gasteiger charge is -2.05. The Hall–Kier alpha value is -1.15. The smallest absolute Gasteiger partial charge is 0.259 e. The Labute approximate surface area is 135 Å². The first-order valence-corrected chi connectivity index (χ1v) is 6.58. The molecule has 20 heavy (non-hydrogen) atoms. The highest BCUT2D eigenvalue weighted by Crippen LogP contribution is 2.21. The standard InChI is InChI=1S/C8H8ClNOS.C3H9N.CH3NOS/c1-5-4-6(9)2-3-7(5)11-8(10)12;1-4(2)3;2-1(3)4/h2-4H,1H3,(H2,10,12);1-3H3;(H3,2,3,4). The largest absolute Gasteiger partial charge is 0.487 e. The second kappa shape index (κ2) is 11.7. The van der Waals surface area contributed by atoms with Crippen LogP contribution in [-0.2, 0) is 0 Å². The summed E-state index contributed by atoms with van der Waals surface area (Å²) in [6.07, 6.45) is 0. The van der Waals surface area contributed by atoms with Crippen molar-refractivity contribution in [3.63, 3.8) is 0 Å². The summed E-state index contributed by atoms with van der Waals surface area (Å²) in [5.41, 5.74) is 10.5. The third-order valence-corrected chi connectivity index (χ3v) is 1.67. The van der Waals surface area contributed by atoms with Crippen molar-refractivity contribution in [2.45, 2.75) is 6.92 Å². The Balaban J connectivity index is 0. The normalized spacial score (nSPS) is 8.70. The van der Waals surface area contributed by atoms with Gasteiger partial charge in [-0.2, -0.15) is 0 Å². The van der Waals surface area contributed by atoms with Crippen molar-refractivity contribution in [3.8, 4) is 5.75 Å². The van der Waals surface area contributed by atoms with Crippen molar-refractivity contribution < 1.29 is 9.84 Å². The Kier molecular flexibility index (Phi) is 12.3. The topological polar surface area (TPSA) is 84.7 Å². The van der Waals surface area contributed by atoms with E-state index in [0.29, 0.717) is 10.8 Å². The maximum atomic E-state index is 7.56. The minimum absolute atomic E-state index is 0.0143. The molecule has 0 unspecified atom stereocenters. The van der Waals surface area contributed by atoms with E-state index in [4.69, 9.17) is 27.2 Å². The molecule has 0 aliphatic rings. The Morgan fingerprint density at radius 1 is 1.25 bits per heavy atom. The van der Waals surface area contributed by atoms with Gasteiger partial charge in [0.15, 0.2) is 0 Å². The number of ether oxygens (including phenoxy) is 1. The summed E-state index contributed by atoms with van der Waals surface area (Å²) in [5, 5.41) is 7.75. The Morgan fingerprint density at radius 3 is 1.95 bits per heavy atom. The molecule has 0 aliphatic carbocycles. The van der Waals surface area contributed by atoms with Crippen molar-refractivity contribution >= 4 is 46.4 Å². The van der Waals surface area contributed by atoms with Crippen LogP contribution in [0.1, 0.15) is 5.56 Å². The summed E-state index contributed by atoms with van der Waals surface area (Å²) in [5.74, 6) is 0.645. The molecule has 114 valence electrons. The van der Waals surface area contributed by atoms with E-state index in [9.17, 15) is 0 Å². The number of halogens is 1. The van der Waals surface area contributed by atoms with E-state index in [1.54, 1.807) is 18.2 Å². The van der Waals surface area contributed by atoms with Gasteiger partial charge in [-0.1, -0.05) is 11.6 Å². The molecule has 5 N–H and O–H groups in total. The second-order valence-corrected chi connectivity index (χ2v) is 5.27. The molecule has 0 bridgehead atoms. The molecule has 8 heteroatoms. The van der Waals surface area contributed by atoms with Gasteiger partial charge in [-0.15, -0.1) is 0 Å². The third-order valence-electron chi connectivity index (χ3n) is 1.35. The van der Waals surface area contributed by atoms with Gasteiger partial charge in [0.25, 0.3) is 10.3 Å². The van der Waals surface area contributed by atoms with Crippen molar-refractivity contribution in [2.75, 3.05) is 21.1 Å². The number of hydrogen-bond donors (Lipinski definition) is 3. The van der Waals surface area contributed by atoms with E-state index in [1.807, 2.05) is 33.0 Å². The summed E-state index contributed by atoms with van der Waals surface area (Å²) in [6.45, 7) is 1.87. The van der Waals surface area contributed by atoms with Crippen LogP contribution in [-0.4, -0.2) is 41.5 Å².